The van der Waals surface area contributed by atoms with Crippen LogP contribution in [-0.4, -0.2) is 0 Å². The Morgan fingerprint density at radius 2 is 1.65 bits per heavy atom. The SMILES string of the molecule is CCc1ccc(-c2ccc(CN)c(Cl)c2)cc1. The number of hydrogen-bond acceptors (Lipinski definition) is 1. The largest absolute Gasteiger partial charge is 0.326 e. The van der Waals surface area contributed by atoms with Crippen molar-refractivity contribution in [2.75, 3.05) is 0 Å². The molecule has 2 N–H and O–H groups in total. The highest BCUT2D eigenvalue weighted by Gasteiger charge is 2.02. The average Bonchev–Trinajstić information content (AvgIpc) is 2.39. The molecule has 0 aliphatic carbocycles. The van der Waals surface area contributed by atoms with Gasteiger partial charge in [-0.1, -0.05) is 54.9 Å². The average molecular weight is 246 g/mol. The van der Waals surface area contributed by atoms with Crippen molar-refractivity contribution in [1.29, 1.82) is 0 Å². The number of hydrogen-bond donors (Lipinski definition) is 1. The number of nitrogens with two attached hydrogens (primary N) is 1. The highest BCUT2D eigenvalue weighted by Crippen LogP contribution is 2.25. The van der Waals surface area contributed by atoms with Crippen LogP contribution in [0.3, 0.4) is 0 Å². The second-order valence-electron chi connectivity index (χ2n) is 4.06. The third kappa shape index (κ3) is 2.68. The van der Waals surface area contributed by atoms with Gasteiger partial charge in [0.1, 0.15) is 0 Å². The first-order valence-corrected chi connectivity index (χ1v) is 6.20. The van der Waals surface area contributed by atoms with Crippen LogP contribution in [0.25, 0.3) is 11.1 Å². The zero-order valence-electron chi connectivity index (χ0n) is 9.91. The first-order chi connectivity index (χ1) is 8.24. The number of aryl methyl sites for hydroxylation is 1. The fourth-order valence-electron chi connectivity index (χ4n) is 1.83. The van der Waals surface area contributed by atoms with Crippen LogP contribution in [0.15, 0.2) is 42.5 Å². The summed E-state index contributed by atoms with van der Waals surface area (Å²) in [6.45, 7) is 2.63. The fourth-order valence-corrected chi connectivity index (χ4v) is 2.08. The minimum Gasteiger partial charge on any atom is -0.326 e. The van der Waals surface area contributed by atoms with Crippen molar-refractivity contribution in [3.05, 3.63) is 58.6 Å². The fraction of sp³-hybridized carbons (Fsp3) is 0.200. The Hall–Kier alpha value is -1.31. The van der Waals surface area contributed by atoms with Gasteiger partial charge in [-0.05, 0) is 34.7 Å². The van der Waals surface area contributed by atoms with Gasteiger partial charge in [-0.2, -0.15) is 0 Å². The van der Waals surface area contributed by atoms with Crippen molar-refractivity contribution in [3.8, 4) is 11.1 Å². The summed E-state index contributed by atoms with van der Waals surface area (Å²) in [7, 11) is 0. The van der Waals surface area contributed by atoms with Crippen molar-refractivity contribution < 1.29 is 0 Å². The van der Waals surface area contributed by atoms with Crippen LogP contribution >= 0.6 is 11.6 Å². The second-order valence-corrected chi connectivity index (χ2v) is 4.47. The van der Waals surface area contributed by atoms with Crippen LogP contribution in [0.5, 0.6) is 0 Å². The van der Waals surface area contributed by atoms with E-state index in [1.807, 2.05) is 12.1 Å². The molecule has 0 aliphatic heterocycles. The highest BCUT2D eigenvalue weighted by atomic mass is 35.5. The van der Waals surface area contributed by atoms with E-state index in [0.29, 0.717) is 6.54 Å². The van der Waals surface area contributed by atoms with Crippen molar-refractivity contribution in [3.63, 3.8) is 0 Å². The third-order valence-corrected chi connectivity index (χ3v) is 3.32. The van der Waals surface area contributed by atoms with Gasteiger partial charge in [0.25, 0.3) is 0 Å². The van der Waals surface area contributed by atoms with E-state index in [2.05, 4.69) is 37.3 Å². The standard InChI is InChI=1S/C15H16ClN/c1-2-11-3-5-12(6-4-11)13-7-8-14(10-17)15(16)9-13/h3-9H,2,10,17H2,1H3. The lowest BCUT2D eigenvalue weighted by Crippen LogP contribution is -1.96. The summed E-state index contributed by atoms with van der Waals surface area (Å²) in [6.07, 6.45) is 1.06. The Morgan fingerprint density at radius 1 is 1.00 bits per heavy atom. The van der Waals surface area contributed by atoms with E-state index in [-0.39, 0.29) is 0 Å². The first kappa shape index (κ1) is 12.2. The van der Waals surface area contributed by atoms with Crippen LogP contribution < -0.4 is 5.73 Å². The normalized spacial score (nSPS) is 10.5. The van der Waals surface area contributed by atoms with Gasteiger partial charge in [-0.25, -0.2) is 0 Å². The maximum Gasteiger partial charge on any atom is 0.0457 e. The Balaban J connectivity index is 2.35. The summed E-state index contributed by atoms with van der Waals surface area (Å²) in [5.41, 5.74) is 10.2. The van der Waals surface area contributed by atoms with E-state index in [9.17, 15) is 0 Å². The lowest BCUT2D eigenvalue weighted by molar-refractivity contribution is 1.07. The van der Waals surface area contributed by atoms with Crippen molar-refractivity contribution in [2.45, 2.75) is 19.9 Å². The molecule has 0 aromatic heterocycles. The Morgan fingerprint density at radius 3 is 2.18 bits per heavy atom. The summed E-state index contributed by atoms with van der Waals surface area (Å²) in [5.74, 6) is 0. The molecule has 0 fully saturated rings. The van der Waals surface area contributed by atoms with E-state index in [0.717, 1.165) is 22.6 Å². The monoisotopic (exact) mass is 245 g/mol. The molecular weight excluding hydrogens is 230 g/mol. The molecule has 1 nitrogen and oxygen atoms in total. The molecule has 0 amide bonds. The van der Waals surface area contributed by atoms with E-state index >= 15 is 0 Å². The van der Waals surface area contributed by atoms with Crippen LogP contribution in [-0.2, 0) is 13.0 Å². The number of halogens is 1. The molecule has 88 valence electrons. The Bertz CT molecular complexity index is 503. The molecule has 0 bridgehead atoms. The lowest BCUT2D eigenvalue weighted by Gasteiger charge is -2.06. The molecule has 0 saturated carbocycles. The van der Waals surface area contributed by atoms with E-state index in [1.54, 1.807) is 0 Å². The van der Waals surface area contributed by atoms with Gasteiger partial charge >= 0.3 is 0 Å². The topological polar surface area (TPSA) is 26.0 Å². The summed E-state index contributed by atoms with van der Waals surface area (Å²) in [6, 6.07) is 14.6. The zero-order valence-corrected chi connectivity index (χ0v) is 10.7. The van der Waals surface area contributed by atoms with E-state index in [4.69, 9.17) is 17.3 Å². The minimum atomic E-state index is 0.480. The van der Waals surface area contributed by atoms with Crippen molar-refractivity contribution >= 4 is 11.6 Å². The molecule has 0 heterocycles. The van der Waals surface area contributed by atoms with Crippen LogP contribution in [0.2, 0.25) is 5.02 Å². The summed E-state index contributed by atoms with van der Waals surface area (Å²) in [5, 5.41) is 0.740. The van der Waals surface area contributed by atoms with Gasteiger partial charge in [0.2, 0.25) is 0 Å². The molecule has 0 atom stereocenters. The molecule has 2 aromatic rings. The Kier molecular flexibility index (Phi) is 3.82. The summed E-state index contributed by atoms with van der Waals surface area (Å²) >= 11 is 6.16. The number of benzene rings is 2. The van der Waals surface area contributed by atoms with Gasteiger partial charge in [-0.15, -0.1) is 0 Å². The van der Waals surface area contributed by atoms with Crippen molar-refractivity contribution in [1.82, 2.24) is 0 Å². The molecular formula is C15H16ClN. The molecule has 2 heteroatoms. The third-order valence-electron chi connectivity index (χ3n) is 2.97. The van der Waals surface area contributed by atoms with Gasteiger partial charge in [-0.3, -0.25) is 0 Å². The van der Waals surface area contributed by atoms with Crippen molar-refractivity contribution in [2.24, 2.45) is 5.73 Å². The lowest BCUT2D eigenvalue weighted by atomic mass is 10.0. The predicted octanol–water partition coefficient (Wildman–Crippen LogP) is 4.03. The van der Waals surface area contributed by atoms with Gasteiger partial charge in [0.05, 0.1) is 0 Å². The molecule has 0 radical (unpaired) electrons. The van der Waals surface area contributed by atoms with Crippen LogP contribution in [0.1, 0.15) is 18.1 Å². The van der Waals surface area contributed by atoms with E-state index in [1.165, 1.54) is 11.1 Å². The summed E-state index contributed by atoms with van der Waals surface area (Å²) < 4.78 is 0. The van der Waals surface area contributed by atoms with Crippen LogP contribution in [0.4, 0.5) is 0 Å². The molecule has 0 saturated heterocycles. The molecule has 17 heavy (non-hydrogen) atoms. The predicted molar refractivity (Wildman–Crippen MR) is 74.2 cm³/mol. The van der Waals surface area contributed by atoms with Gasteiger partial charge < -0.3 is 5.73 Å². The van der Waals surface area contributed by atoms with E-state index < -0.39 is 0 Å². The summed E-state index contributed by atoms with van der Waals surface area (Å²) in [4.78, 5) is 0. The molecule has 2 rings (SSSR count). The maximum absolute atomic E-state index is 6.16. The highest BCUT2D eigenvalue weighted by molar-refractivity contribution is 6.31. The smallest absolute Gasteiger partial charge is 0.0457 e. The molecule has 0 spiro atoms. The molecule has 0 aliphatic rings. The molecule has 0 unspecified atom stereocenters. The first-order valence-electron chi connectivity index (χ1n) is 5.82. The molecule has 2 aromatic carbocycles. The minimum absolute atomic E-state index is 0.480. The Labute approximate surface area is 107 Å². The quantitative estimate of drug-likeness (QED) is 0.868. The number of rotatable bonds is 3. The maximum atomic E-state index is 6.16. The zero-order chi connectivity index (χ0) is 12.3. The van der Waals surface area contributed by atoms with Crippen LogP contribution in [0, 0.1) is 0 Å². The second kappa shape index (κ2) is 5.35. The van der Waals surface area contributed by atoms with Gasteiger partial charge in [0, 0.05) is 11.6 Å². The van der Waals surface area contributed by atoms with Gasteiger partial charge in [0.15, 0.2) is 0 Å².